The van der Waals surface area contributed by atoms with E-state index in [-0.39, 0.29) is 11.7 Å². The van der Waals surface area contributed by atoms with Crippen molar-refractivity contribution >= 4 is 5.78 Å². The van der Waals surface area contributed by atoms with Crippen molar-refractivity contribution in [2.24, 2.45) is 5.92 Å². The van der Waals surface area contributed by atoms with E-state index in [0.29, 0.717) is 5.56 Å². The van der Waals surface area contributed by atoms with Gasteiger partial charge in [-0.15, -0.1) is 0 Å². The smallest absolute Gasteiger partial charge is 0.165 e. The number of carbonyl (C=O) groups excluding carboxylic acids is 1. The molecule has 1 rings (SSSR count). The lowest BCUT2D eigenvalue weighted by Gasteiger charge is -2.07. The average molecular weight is 192 g/mol. The minimum absolute atomic E-state index is 0.0207. The molecule has 0 radical (unpaired) electrons. The molecule has 1 N–H and O–H groups in total. The van der Waals surface area contributed by atoms with Crippen molar-refractivity contribution in [3.05, 3.63) is 35.4 Å². The van der Waals surface area contributed by atoms with Crippen LogP contribution in [0.5, 0.6) is 0 Å². The zero-order valence-corrected chi connectivity index (χ0v) is 8.82. The summed E-state index contributed by atoms with van der Waals surface area (Å²) in [5.41, 5.74) is 1.55. The van der Waals surface area contributed by atoms with E-state index in [1.807, 2.05) is 13.8 Å². The van der Waals surface area contributed by atoms with E-state index in [4.69, 9.17) is 0 Å². The quantitative estimate of drug-likeness (QED) is 0.747. The zero-order chi connectivity index (χ0) is 10.7. The number of rotatable bonds is 3. The van der Waals surface area contributed by atoms with Crippen LogP contribution in [-0.4, -0.2) is 10.9 Å². The Bertz CT molecular complexity index is 310. The van der Waals surface area contributed by atoms with Gasteiger partial charge in [0.05, 0.1) is 6.10 Å². The number of carbonyl (C=O) groups is 1. The summed E-state index contributed by atoms with van der Waals surface area (Å²) >= 11 is 0. The highest BCUT2D eigenvalue weighted by molar-refractivity contribution is 5.97. The van der Waals surface area contributed by atoms with Crippen LogP contribution in [0.25, 0.3) is 0 Å². The van der Waals surface area contributed by atoms with E-state index in [9.17, 15) is 9.90 Å². The Balaban J connectivity index is 2.89. The predicted molar refractivity (Wildman–Crippen MR) is 56.2 cm³/mol. The van der Waals surface area contributed by atoms with Crippen molar-refractivity contribution in [1.29, 1.82) is 0 Å². The highest BCUT2D eigenvalue weighted by Gasteiger charge is 2.10. The molecule has 2 nitrogen and oxygen atoms in total. The first-order valence-electron chi connectivity index (χ1n) is 4.84. The molecule has 0 saturated heterocycles. The summed E-state index contributed by atoms with van der Waals surface area (Å²) in [6.07, 6.45) is -0.474. The molecule has 0 fully saturated rings. The SMILES string of the molecule is CC(C)C(=O)c1ccc(C(C)O)cc1. The van der Waals surface area contributed by atoms with Crippen LogP contribution < -0.4 is 0 Å². The lowest BCUT2D eigenvalue weighted by Crippen LogP contribution is -2.07. The van der Waals surface area contributed by atoms with Crippen LogP contribution >= 0.6 is 0 Å². The highest BCUT2D eigenvalue weighted by Crippen LogP contribution is 2.14. The molecule has 1 aromatic rings. The minimum atomic E-state index is -0.474. The second kappa shape index (κ2) is 4.38. The number of ketones is 1. The van der Waals surface area contributed by atoms with Gasteiger partial charge in [0.25, 0.3) is 0 Å². The Morgan fingerprint density at radius 2 is 1.64 bits per heavy atom. The molecule has 0 heterocycles. The van der Waals surface area contributed by atoms with Crippen molar-refractivity contribution in [3.63, 3.8) is 0 Å². The first kappa shape index (κ1) is 10.9. The first-order valence-corrected chi connectivity index (χ1v) is 4.84. The van der Waals surface area contributed by atoms with Gasteiger partial charge in [-0.3, -0.25) is 4.79 Å². The first-order chi connectivity index (χ1) is 6.52. The number of aliphatic hydroxyl groups is 1. The summed E-state index contributed by atoms with van der Waals surface area (Å²) < 4.78 is 0. The maximum absolute atomic E-state index is 11.6. The van der Waals surface area contributed by atoms with Crippen LogP contribution in [0.15, 0.2) is 24.3 Å². The molecule has 1 atom stereocenters. The number of Topliss-reactive ketones (excluding diaryl/α,β-unsaturated/α-hetero) is 1. The summed E-state index contributed by atoms with van der Waals surface area (Å²) in [7, 11) is 0. The van der Waals surface area contributed by atoms with Crippen molar-refractivity contribution in [2.75, 3.05) is 0 Å². The third kappa shape index (κ3) is 2.42. The Hall–Kier alpha value is -1.15. The fraction of sp³-hybridized carbons (Fsp3) is 0.417. The van der Waals surface area contributed by atoms with Crippen LogP contribution in [0.4, 0.5) is 0 Å². The van der Waals surface area contributed by atoms with Gasteiger partial charge in [-0.1, -0.05) is 38.1 Å². The van der Waals surface area contributed by atoms with Gasteiger partial charge >= 0.3 is 0 Å². The molecule has 0 spiro atoms. The van der Waals surface area contributed by atoms with Gasteiger partial charge < -0.3 is 5.11 Å². The van der Waals surface area contributed by atoms with E-state index in [0.717, 1.165) is 5.56 Å². The molecule has 0 aliphatic heterocycles. The van der Waals surface area contributed by atoms with Crippen LogP contribution in [0, 0.1) is 5.92 Å². The topological polar surface area (TPSA) is 37.3 Å². The van der Waals surface area contributed by atoms with Crippen LogP contribution in [-0.2, 0) is 0 Å². The summed E-state index contributed by atoms with van der Waals surface area (Å²) in [6.45, 7) is 5.47. The predicted octanol–water partition coefficient (Wildman–Crippen LogP) is 2.58. The van der Waals surface area contributed by atoms with Crippen molar-refractivity contribution in [2.45, 2.75) is 26.9 Å². The Labute approximate surface area is 84.6 Å². The molecule has 1 unspecified atom stereocenters. The molecule has 0 saturated carbocycles. The Kier molecular flexibility index (Phi) is 3.42. The Morgan fingerprint density at radius 1 is 1.14 bits per heavy atom. The molecule has 0 aliphatic rings. The number of benzene rings is 1. The largest absolute Gasteiger partial charge is 0.389 e. The molecule has 76 valence electrons. The van der Waals surface area contributed by atoms with Gasteiger partial charge in [-0.25, -0.2) is 0 Å². The van der Waals surface area contributed by atoms with Crippen molar-refractivity contribution < 1.29 is 9.90 Å². The summed E-state index contributed by atoms with van der Waals surface area (Å²) in [5, 5.41) is 9.28. The van der Waals surface area contributed by atoms with Gasteiger partial charge in [0.2, 0.25) is 0 Å². The summed E-state index contributed by atoms with van der Waals surface area (Å²) in [4.78, 5) is 11.6. The maximum Gasteiger partial charge on any atom is 0.165 e. The second-order valence-electron chi connectivity index (χ2n) is 3.82. The lowest BCUT2D eigenvalue weighted by atomic mass is 9.99. The van der Waals surface area contributed by atoms with Crippen LogP contribution in [0.3, 0.4) is 0 Å². The fourth-order valence-electron chi connectivity index (χ4n) is 1.26. The van der Waals surface area contributed by atoms with E-state index < -0.39 is 6.10 Å². The maximum atomic E-state index is 11.6. The molecule has 0 bridgehead atoms. The third-order valence-electron chi connectivity index (χ3n) is 2.20. The molecular weight excluding hydrogens is 176 g/mol. The van der Waals surface area contributed by atoms with Gasteiger partial charge in [-0.2, -0.15) is 0 Å². The van der Waals surface area contributed by atoms with Gasteiger partial charge in [-0.05, 0) is 12.5 Å². The molecule has 0 aliphatic carbocycles. The normalized spacial score (nSPS) is 12.9. The number of aliphatic hydroxyl groups excluding tert-OH is 1. The fourth-order valence-corrected chi connectivity index (χ4v) is 1.26. The van der Waals surface area contributed by atoms with E-state index in [2.05, 4.69) is 0 Å². The van der Waals surface area contributed by atoms with Crippen molar-refractivity contribution in [3.8, 4) is 0 Å². The van der Waals surface area contributed by atoms with E-state index in [1.165, 1.54) is 0 Å². The van der Waals surface area contributed by atoms with Gasteiger partial charge in [0, 0.05) is 11.5 Å². The molecule has 2 heteroatoms. The molecule has 14 heavy (non-hydrogen) atoms. The standard InChI is InChI=1S/C12H16O2/c1-8(2)12(14)11-6-4-10(5-7-11)9(3)13/h4-9,13H,1-3H3. The lowest BCUT2D eigenvalue weighted by molar-refractivity contribution is 0.0939. The molecular formula is C12H16O2. The molecule has 1 aromatic carbocycles. The minimum Gasteiger partial charge on any atom is -0.389 e. The van der Waals surface area contributed by atoms with E-state index >= 15 is 0 Å². The second-order valence-corrected chi connectivity index (χ2v) is 3.82. The van der Waals surface area contributed by atoms with Crippen LogP contribution in [0.2, 0.25) is 0 Å². The number of hydrogen-bond donors (Lipinski definition) is 1. The average Bonchev–Trinajstić information content (AvgIpc) is 2.16. The van der Waals surface area contributed by atoms with Crippen molar-refractivity contribution in [1.82, 2.24) is 0 Å². The number of hydrogen-bond acceptors (Lipinski definition) is 2. The third-order valence-corrected chi connectivity index (χ3v) is 2.20. The molecule has 0 amide bonds. The molecule has 0 aromatic heterocycles. The van der Waals surface area contributed by atoms with Gasteiger partial charge in [0.15, 0.2) is 5.78 Å². The zero-order valence-electron chi connectivity index (χ0n) is 8.82. The van der Waals surface area contributed by atoms with Crippen LogP contribution in [0.1, 0.15) is 42.8 Å². The summed E-state index contributed by atoms with van der Waals surface area (Å²) in [6, 6.07) is 7.12. The highest BCUT2D eigenvalue weighted by atomic mass is 16.3. The Morgan fingerprint density at radius 3 is 2.00 bits per heavy atom. The van der Waals surface area contributed by atoms with E-state index in [1.54, 1.807) is 31.2 Å². The van der Waals surface area contributed by atoms with Gasteiger partial charge in [0.1, 0.15) is 0 Å². The monoisotopic (exact) mass is 192 g/mol. The summed E-state index contributed by atoms with van der Waals surface area (Å²) in [5.74, 6) is 0.162.